The van der Waals surface area contributed by atoms with Crippen LogP contribution in [-0.2, 0) is 6.54 Å². The largest absolute Gasteiger partial charge is 0.377 e. The molecule has 0 saturated carbocycles. The molecule has 0 aliphatic rings. The Kier molecular flexibility index (Phi) is 4.02. The number of anilines is 1. The molecule has 2 rings (SSSR count). The highest BCUT2D eigenvalue weighted by molar-refractivity contribution is 5.95. The smallest absolute Gasteiger partial charge is 0.253 e. The van der Waals surface area contributed by atoms with Gasteiger partial charge in [0.2, 0.25) is 5.89 Å². The Balaban J connectivity index is 2.14. The van der Waals surface area contributed by atoms with Crippen LogP contribution in [0.15, 0.2) is 22.7 Å². The van der Waals surface area contributed by atoms with Crippen LogP contribution in [0.4, 0.5) is 5.69 Å². The van der Waals surface area contributed by atoms with Crippen molar-refractivity contribution in [3.8, 4) is 0 Å². The zero-order valence-electron chi connectivity index (χ0n) is 12.1. The Hall–Kier alpha value is -2.37. The Bertz CT molecular complexity index is 619. The summed E-state index contributed by atoms with van der Waals surface area (Å²) in [6.45, 7) is 4.18. The third-order valence-corrected chi connectivity index (χ3v) is 2.90. The molecule has 0 radical (unpaired) electrons. The summed E-state index contributed by atoms with van der Waals surface area (Å²) in [4.78, 5) is 17.6. The van der Waals surface area contributed by atoms with Crippen molar-refractivity contribution in [2.45, 2.75) is 20.4 Å². The summed E-state index contributed by atoms with van der Waals surface area (Å²) in [5, 5.41) is 7.04. The Labute approximate surface area is 117 Å². The number of aromatic nitrogens is 2. The van der Waals surface area contributed by atoms with Crippen molar-refractivity contribution in [2.24, 2.45) is 0 Å². The number of hydrogen-bond acceptors (Lipinski definition) is 5. The minimum atomic E-state index is -0.0246. The van der Waals surface area contributed by atoms with Crippen LogP contribution < -0.4 is 5.32 Å². The third kappa shape index (κ3) is 3.14. The van der Waals surface area contributed by atoms with E-state index >= 15 is 0 Å². The van der Waals surface area contributed by atoms with Gasteiger partial charge < -0.3 is 14.7 Å². The van der Waals surface area contributed by atoms with Crippen LogP contribution in [-0.4, -0.2) is 35.0 Å². The number of carbonyl (C=O) groups is 1. The average Bonchev–Trinajstić information content (AvgIpc) is 2.82. The van der Waals surface area contributed by atoms with Crippen molar-refractivity contribution in [2.75, 3.05) is 19.4 Å². The summed E-state index contributed by atoms with van der Waals surface area (Å²) in [5.74, 6) is 1.10. The topological polar surface area (TPSA) is 71.3 Å². The molecule has 1 aromatic carbocycles. The van der Waals surface area contributed by atoms with Crippen LogP contribution in [0.1, 0.15) is 27.6 Å². The van der Waals surface area contributed by atoms with Crippen molar-refractivity contribution in [3.05, 3.63) is 41.0 Å². The lowest BCUT2D eigenvalue weighted by Gasteiger charge is -2.13. The van der Waals surface area contributed by atoms with Gasteiger partial charge in [-0.1, -0.05) is 11.2 Å². The van der Waals surface area contributed by atoms with E-state index in [1.807, 2.05) is 25.1 Å². The lowest BCUT2D eigenvalue weighted by molar-refractivity contribution is 0.0827. The van der Waals surface area contributed by atoms with Crippen LogP contribution in [0.25, 0.3) is 0 Å². The van der Waals surface area contributed by atoms with Gasteiger partial charge in [-0.2, -0.15) is 4.98 Å². The first-order chi connectivity index (χ1) is 9.47. The highest BCUT2D eigenvalue weighted by Crippen LogP contribution is 2.18. The molecule has 1 aromatic heterocycles. The monoisotopic (exact) mass is 274 g/mol. The van der Waals surface area contributed by atoms with Gasteiger partial charge in [-0.05, 0) is 24.6 Å². The standard InChI is InChI=1S/C14H18N4O2/c1-9-5-6-11(14(19)18(3)4)7-12(9)15-8-13-16-10(2)20-17-13/h5-7,15H,8H2,1-4H3. The van der Waals surface area contributed by atoms with Crippen molar-refractivity contribution < 1.29 is 9.32 Å². The molecule has 1 N–H and O–H groups in total. The summed E-state index contributed by atoms with van der Waals surface area (Å²) in [6.07, 6.45) is 0. The van der Waals surface area contributed by atoms with Crippen LogP contribution in [0.2, 0.25) is 0 Å². The first-order valence-corrected chi connectivity index (χ1v) is 6.32. The molecule has 0 aliphatic heterocycles. The second-order valence-electron chi connectivity index (χ2n) is 4.81. The molecule has 6 nitrogen and oxygen atoms in total. The maximum absolute atomic E-state index is 11.9. The van der Waals surface area contributed by atoms with Crippen molar-refractivity contribution >= 4 is 11.6 Å². The lowest BCUT2D eigenvalue weighted by atomic mass is 10.1. The lowest BCUT2D eigenvalue weighted by Crippen LogP contribution is -2.21. The Morgan fingerprint density at radius 3 is 2.70 bits per heavy atom. The van der Waals surface area contributed by atoms with Crippen LogP contribution in [0.3, 0.4) is 0 Å². The number of nitrogens with zero attached hydrogens (tertiary/aromatic N) is 3. The van der Waals surface area contributed by atoms with E-state index in [2.05, 4.69) is 15.5 Å². The number of carbonyl (C=O) groups excluding carboxylic acids is 1. The summed E-state index contributed by atoms with van der Waals surface area (Å²) in [5.41, 5.74) is 2.59. The van der Waals surface area contributed by atoms with Crippen LogP contribution in [0.5, 0.6) is 0 Å². The highest BCUT2D eigenvalue weighted by Gasteiger charge is 2.10. The molecule has 0 atom stereocenters. The van der Waals surface area contributed by atoms with Crippen LogP contribution >= 0.6 is 0 Å². The molecule has 0 saturated heterocycles. The van der Waals surface area contributed by atoms with Crippen molar-refractivity contribution in [1.29, 1.82) is 0 Å². The zero-order chi connectivity index (χ0) is 14.7. The van der Waals surface area contributed by atoms with Gasteiger partial charge >= 0.3 is 0 Å². The SMILES string of the molecule is Cc1nc(CNc2cc(C(=O)N(C)C)ccc2C)no1. The zero-order valence-corrected chi connectivity index (χ0v) is 12.1. The summed E-state index contributed by atoms with van der Waals surface area (Å²) < 4.78 is 4.91. The fourth-order valence-electron chi connectivity index (χ4n) is 1.79. The van der Waals surface area contributed by atoms with Crippen molar-refractivity contribution in [3.63, 3.8) is 0 Å². The summed E-state index contributed by atoms with van der Waals surface area (Å²) in [7, 11) is 3.47. The fourth-order valence-corrected chi connectivity index (χ4v) is 1.79. The number of aryl methyl sites for hydroxylation is 2. The molecule has 1 amide bonds. The first kappa shape index (κ1) is 14.0. The van der Waals surface area contributed by atoms with E-state index < -0.39 is 0 Å². The molecule has 0 bridgehead atoms. The molecule has 0 fully saturated rings. The van der Waals surface area contributed by atoms with Crippen molar-refractivity contribution in [1.82, 2.24) is 15.0 Å². The highest BCUT2D eigenvalue weighted by atomic mass is 16.5. The second-order valence-corrected chi connectivity index (χ2v) is 4.81. The van der Waals surface area contributed by atoms with Gasteiger partial charge in [0.15, 0.2) is 5.82 Å². The van der Waals surface area contributed by atoms with E-state index in [-0.39, 0.29) is 5.91 Å². The van der Waals surface area contributed by atoms with E-state index in [1.165, 1.54) is 0 Å². The van der Waals surface area contributed by atoms with E-state index in [9.17, 15) is 4.79 Å². The molecule has 106 valence electrons. The molecule has 2 aromatic rings. The molecule has 20 heavy (non-hydrogen) atoms. The first-order valence-electron chi connectivity index (χ1n) is 6.32. The molecule has 0 aliphatic carbocycles. The Morgan fingerprint density at radius 2 is 2.10 bits per heavy atom. The average molecular weight is 274 g/mol. The predicted octanol–water partition coefficient (Wildman–Crippen LogP) is 2.00. The van der Waals surface area contributed by atoms with E-state index in [0.29, 0.717) is 23.8 Å². The maximum Gasteiger partial charge on any atom is 0.253 e. The van der Waals surface area contributed by atoms with Gasteiger partial charge in [-0.3, -0.25) is 4.79 Å². The second kappa shape index (κ2) is 5.73. The van der Waals surface area contributed by atoms with E-state index in [1.54, 1.807) is 25.9 Å². The molecule has 0 spiro atoms. The quantitative estimate of drug-likeness (QED) is 0.923. The number of amides is 1. The van der Waals surface area contributed by atoms with Gasteiger partial charge in [0.1, 0.15) is 0 Å². The summed E-state index contributed by atoms with van der Waals surface area (Å²) >= 11 is 0. The molecule has 6 heteroatoms. The van der Waals surface area contributed by atoms with Crippen LogP contribution in [0, 0.1) is 13.8 Å². The minimum absolute atomic E-state index is 0.0246. The molecular weight excluding hydrogens is 256 g/mol. The summed E-state index contributed by atoms with van der Waals surface area (Å²) in [6, 6.07) is 5.58. The third-order valence-electron chi connectivity index (χ3n) is 2.90. The number of hydrogen-bond donors (Lipinski definition) is 1. The van der Waals surface area contributed by atoms with E-state index in [4.69, 9.17) is 4.52 Å². The Morgan fingerprint density at radius 1 is 1.35 bits per heavy atom. The minimum Gasteiger partial charge on any atom is -0.377 e. The number of nitrogens with one attached hydrogen (secondary N) is 1. The van der Waals surface area contributed by atoms with Gasteiger partial charge in [-0.15, -0.1) is 0 Å². The van der Waals surface area contributed by atoms with E-state index in [0.717, 1.165) is 11.3 Å². The number of rotatable bonds is 4. The van der Waals surface area contributed by atoms with Gasteiger partial charge in [0, 0.05) is 32.3 Å². The normalized spacial score (nSPS) is 10.4. The molecule has 1 heterocycles. The molecule has 0 unspecified atom stereocenters. The van der Waals surface area contributed by atoms with Gasteiger partial charge in [0.05, 0.1) is 6.54 Å². The van der Waals surface area contributed by atoms with Gasteiger partial charge in [-0.25, -0.2) is 0 Å². The van der Waals surface area contributed by atoms with Gasteiger partial charge in [0.25, 0.3) is 5.91 Å². The molecular formula is C14H18N4O2. The fraction of sp³-hybridized carbons (Fsp3) is 0.357. The number of benzene rings is 1. The predicted molar refractivity (Wildman–Crippen MR) is 75.6 cm³/mol. The maximum atomic E-state index is 11.9.